The van der Waals surface area contributed by atoms with Gasteiger partial charge in [-0.25, -0.2) is 0 Å². The molecule has 0 spiro atoms. The van der Waals surface area contributed by atoms with Crippen LogP contribution in [0.1, 0.15) is 26.2 Å². The third-order valence-electron chi connectivity index (χ3n) is 2.71. The van der Waals surface area contributed by atoms with E-state index in [4.69, 9.17) is 22.2 Å². The van der Waals surface area contributed by atoms with Gasteiger partial charge in [0.2, 0.25) is 6.69 Å². The lowest BCUT2D eigenvalue weighted by molar-refractivity contribution is 0.861. The number of rotatable bonds is 3. The quantitative estimate of drug-likeness (QED) is 0.519. The Morgan fingerprint density at radius 2 is 2.17 bits per heavy atom. The van der Waals surface area contributed by atoms with Crippen molar-refractivity contribution in [3.05, 3.63) is 0 Å². The van der Waals surface area contributed by atoms with Gasteiger partial charge in [-0.2, -0.15) is 0 Å². The normalized spacial score (nSPS) is 28.8. The minimum atomic E-state index is -1.70. The lowest BCUT2D eigenvalue weighted by Gasteiger charge is -2.28. The highest BCUT2D eigenvalue weighted by Gasteiger charge is 2.35. The highest BCUT2D eigenvalue weighted by molar-refractivity contribution is 7.47. The van der Waals surface area contributed by atoms with E-state index in [-0.39, 0.29) is 0 Å². The van der Waals surface area contributed by atoms with Crippen LogP contribution in [0.2, 0.25) is 23.8 Å². The topological polar surface area (TPSA) is 0 Å². The lowest BCUT2D eigenvalue weighted by atomic mass is 10.4. The molecule has 0 nitrogen and oxygen atoms in total. The van der Waals surface area contributed by atoms with Gasteiger partial charge in [-0.1, -0.05) is 38.3 Å². The van der Waals surface area contributed by atoms with Crippen molar-refractivity contribution in [3.63, 3.8) is 0 Å². The van der Waals surface area contributed by atoms with Crippen LogP contribution in [0.4, 0.5) is 0 Å². The molecule has 1 aliphatic heterocycles. The molecular formula is C8H18Cl2Si2. The van der Waals surface area contributed by atoms with Crippen molar-refractivity contribution in [1.29, 1.82) is 0 Å². The zero-order valence-electron chi connectivity index (χ0n) is 7.78. The van der Waals surface area contributed by atoms with Crippen molar-refractivity contribution in [2.75, 3.05) is 0 Å². The van der Waals surface area contributed by atoms with Gasteiger partial charge in [-0.15, -0.1) is 22.2 Å². The van der Waals surface area contributed by atoms with Gasteiger partial charge < -0.3 is 0 Å². The molecule has 0 aromatic rings. The first-order chi connectivity index (χ1) is 5.64. The number of hydrogen-bond acceptors (Lipinski definition) is 0. The molecule has 0 aromatic carbocycles. The van der Waals surface area contributed by atoms with Crippen LogP contribution >= 0.6 is 22.2 Å². The Morgan fingerprint density at radius 1 is 1.42 bits per heavy atom. The standard InChI is InChI=1S/C8H18Cl2Si2/c1-2-3-5-11-6-4-7-12(9,10)8-11/h11H,2-8H2,1H3. The molecule has 0 bridgehead atoms. The molecule has 0 N–H and O–H groups in total. The average Bonchev–Trinajstić information content (AvgIpc) is 1.99. The van der Waals surface area contributed by atoms with Crippen LogP contribution in [0.3, 0.4) is 0 Å². The predicted octanol–water partition coefficient (Wildman–Crippen LogP) is 3.88. The van der Waals surface area contributed by atoms with Gasteiger partial charge in [-0.05, 0) is 11.7 Å². The average molecular weight is 241 g/mol. The smallest absolute Gasteiger partial charge is 0.146 e. The molecule has 0 aliphatic carbocycles. The van der Waals surface area contributed by atoms with Crippen molar-refractivity contribution in [2.45, 2.75) is 50.0 Å². The SMILES string of the molecule is CCCC[SiH]1CCC[Si](Cl)(Cl)C1. The molecule has 1 unspecified atom stereocenters. The van der Waals surface area contributed by atoms with Crippen LogP contribution in [0.25, 0.3) is 0 Å². The van der Waals surface area contributed by atoms with Crippen molar-refractivity contribution < 1.29 is 0 Å². The molecule has 1 aliphatic rings. The summed E-state index contributed by atoms with van der Waals surface area (Å²) in [5.74, 6) is 0. The number of hydrogen-bond donors (Lipinski definition) is 0. The molecule has 0 aromatic heterocycles. The maximum Gasteiger partial charge on any atom is 0.248 e. The summed E-state index contributed by atoms with van der Waals surface area (Å²) in [6.45, 7) is 0.570. The van der Waals surface area contributed by atoms with Gasteiger partial charge in [0, 0.05) is 8.80 Å². The van der Waals surface area contributed by atoms with Gasteiger partial charge in [0.05, 0.1) is 0 Å². The van der Waals surface area contributed by atoms with Gasteiger partial charge >= 0.3 is 0 Å². The second-order valence-corrected chi connectivity index (χ2v) is 15.6. The zero-order valence-corrected chi connectivity index (χ0v) is 11.4. The number of halogens is 2. The van der Waals surface area contributed by atoms with E-state index in [1.54, 1.807) is 0 Å². The van der Waals surface area contributed by atoms with E-state index in [9.17, 15) is 0 Å². The second kappa shape index (κ2) is 5.03. The molecule has 12 heavy (non-hydrogen) atoms. The summed E-state index contributed by atoms with van der Waals surface area (Å²) in [6, 6.07) is 4.16. The van der Waals surface area contributed by atoms with Crippen LogP contribution in [0, 0.1) is 0 Å². The Labute approximate surface area is 87.7 Å². The van der Waals surface area contributed by atoms with Crippen molar-refractivity contribution >= 4 is 37.6 Å². The Hall–Kier alpha value is 1.01. The summed E-state index contributed by atoms with van der Waals surface area (Å²) in [6.07, 6.45) is 4.08. The Morgan fingerprint density at radius 3 is 2.75 bits per heavy atom. The largest absolute Gasteiger partial charge is 0.248 e. The zero-order chi connectivity index (χ0) is 9.03. The molecule has 72 valence electrons. The van der Waals surface area contributed by atoms with Gasteiger partial charge in [0.25, 0.3) is 0 Å². The van der Waals surface area contributed by atoms with Crippen molar-refractivity contribution in [3.8, 4) is 0 Å². The fraction of sp³-hybridized carbons (Fsp3) is 1.00. The Balaban J connectivity index is 2.26. The fourth-order valence-corrected chi connectivity index (χ4v) is 15.8. The molecule has 0 radical (unpaired) electrons. The van der Waals surface area contributed by atoms with E-state index < -0.39 is 15.5 Å². The van der Waals surface area contributed by atoms with Crippen LogP contribution in [-0.2, 0) is 0 Å². The monoisotopic (exact) mass is 240 g/mol. The first-order valence-corrected chi connectivity index (χ1v) is 11.9. The molecule has 0 saturated carbocycles. The molecule has 0 amide bonds. The van der Waals surface area contributed by atoms with E-state index in [2.05, 4.69) is 6.92 Å². The summed E-state index contributed by atoms with van der Waals surface area (Å²) in [5, 5.41) is 0. The highest BCUT2D eigenvalue weighted by atomic mass is 35.7. The van der Waals surface area contributed by atoms with E-state index >= 15 is 0 Å². The van der Waals surface area contributed by atoms with Crippen LogP contribution in [0.15, 0.2) is 0 Å². The van der Waals surface area contributed by atoms with Crippen LogP contribution in [0.5, 0.6) is 0 Å². The van der Waals surface area contributed by atoms with E-state index in [1.807, 2.05) is 0 Å². The molecule has 4 heteroatoms. The summed E-state index contributed by atoms with van der Waals surface area (Å²) < 4.78 is 0. The first kappa shape index (κ1) is 11.1. The fourth-order valence-electron chi connectivity index (χ4n) is 2.02. The van der Waals surface area contributed by atoms with E-state index in [0.29, 0.717) is 0 Å². The summed E-state index contributed by atoms with van der Waals surface area (Å²) in [4.78, 5) is 0. The summed E-state index contributed by atoms with van der Waals surface area (Å²) >= 11 is 12.6. The first-order valence-electron chi connectivity index (χ1n) is 5.02. The molecular weight excluding hydrogens is 223 g/mol. The van der Waals surface area contributed by atoms with Gasteiger partial charge in [-0.3, -0.25) is 0 Å². The third-order valence-corrected chi connectivity index (χ3v) is 14.9. The molecule has 1 heterocycles. The lowest BCUT2D eigenvalue weighted by Crippen LogP contribution is -2.33. The Bertz CT molecular complexity index is 139. The maximum absolute atomic E-state index is 6.28. The van der Waals surface area contributed by atoms with Crippen molar-refractivity contribution in [2.24, 2.45) is 0 Å². The third kappa shape index (κ3) is 3.82. The Kier molecular flexibility index (Phi) is 4.65. The maximum atomic E-state index is 6.28. The number of unbranched alkanes of at least 4 members (excludes halogenated alkanes) is 1. The highest BCUT2D eigenvalue weighted by Crippen LogP contribution is 2.36. The summed E-state index contributed by atoms with van der Waals surface area (Å²) in [7, 11) is -0.471. The van der Waals surface area contributed by atoms with Crippen LogP contribution < -0.4 is 0 Å². The predicted molar refractivity (Wildman–Crippen MR) is 63.4 cm³/mol. The minimum absolute atomic E-state index is 0.471. The van der Waals surface area contributed by atoms with Crippen molar-refractivity contribution in [1.82, 2.24) is 0 Å². The van der Waals surface area contributed by atoms with E-state index in [0.717, 1.165) is 6.04 Å². The van der Waals surface area contributed by atoms with Crippen LogP contribution in [-0.4, -0.2) is 15.5 Å². The molecule has 1 rings (SSSR count). The molecule has 1 saturated heterocycles. The second-order valence-electron chi connectivity index (χ2n) is 3.96. The van der Waals surface area contributed by atoms with Gasteiger partial charge in [0.15, 0.2) is 0 Å². The van der Waals surface area contributed by atoms with Gasteiger partial charge in [0.1, 0.15) is 0 Å². The van der Waals surface area contributed by atoms with E-state index in [1.165, 1.54) is 37.0 Å². The molecule has 1 fully saturated rings. The minimum Gasteiger partial charge on any atom is -0.146 e. The molecule has 1 atom stereocenters. The summed E-state index contributed by atoms with van der Waals surface area (Å²) in [5.41, 5.74) is 1.29.